The quantitative estimate of drug-likeness (QED) is 0.583. The van der Waals surface area contributed by atoms with Gasteiger partial charge in [-0.3, -0.25) is 4.79 Å². The van der Waals surface area contributed by atoms with Gasteiger partial charge in [-0.1, -0.05) is 18.2 Å². The molecule has 0 spiro atoms. The first-order chi connectivity index (χ1) is 14.1. The molecule has 2 aromatic rings. The van der Waals surface area contributed by atoms with Crippen LogP contribution in [0, 0.1) is 0 Å². The van der Waals surface area contributed by atoms with Crippen LogP contribution in [0.4, 0.5) is 5.00 Å². The number of aryl methyl sites for hydroxylation is 1. The van der Waals surface area contributed by atoms with E-state index in [1.165, 1.54) is 29.4 Å². The first kappa shape index (κ1) is 19.5. The summed E-state index contributed by atoms with van der Waals surface area (Å²) in [4.78, 5) is 26.0. The Bertz CT molecular complexity index is 1020. The van der Waals surface area contributed by atoms with Gasteiger partial charge in [-0.2, -0.15) is 0 Å². The summed E-state index contributed by atoms with van der Waals surface area (Å²) in [7, 11) is 1.37. The number of anilines is 1. The average molecular weight is 410 g/mol. The van der Waals surface area contributed by atoms with E-state index in [0.29, 0.717) is 10.6 Å². The van der Waals surface area contributed by atoms with E-state index < -0.39 is 5.97 Å². The van der Waals surface area contributed by atoms with Crippen LogP contribution in [-0.2, 0) is 22.4 Å². The highest BCUT2D eigenvalue weighted by molar-refractivity contribution is 7.17. The molecule has 150 valence electrons. The third-order valence-electron chi connectivity index (χ3n) is 5.24. The molecule has 5 nitrogen and oxygen atoms in total. The Balaban J connectivity index is 1.54. The number of fused-ring (bicyclic) bond motifs is 2. The Labute approximate surface area is 174 Å². The Hall–Kier alpha value is -2.86. The van der Waals surface area contributed by atoms with Gasteiger partial charge in [0.1, 0.15) is 16.9 Å². The van der Waals surface area contributed by atoms with Gasteiger partial charge in [-0.05, 0) is 62.0 Å². The second kappa shape index (κ2) is 8.25. The molecule has 1 N–H and O–H groups in total. The van der Waals surface area contributed by atoms with E-state index in [-0.39, 0.29) is 12.0 Å². The zero-order valence-corrected chi connectivity index (χ0v) is 17.3. The molecule has 0 radical (unpaired) electrons. The van der Waals surface area contributed by atoms with E-state index in [0.717, 1.165) is 48.1 Å². The van der Waals surface area contributed by atoms with Gasteiger partial charge in [0.05, 0.1) is 12.7 Å². The summed E-state index contributed by atoms with van der Waals surface area (Å²) in [5.74, 6) is 0.173. The molecule has 1 aliphatic heterocycles. The van der Waals surface area contributed by atoms with Crippen molar-refractivity contribution < 1.29 is 19.1 Å². The van der Waals surface area contributed by atoms with E-state index in [1.807, 2.05) is 37.3 Å². The number of carbonyl (C=O) groups excluding carboxylic acids is 2. The summed E-state index contributed by atoms with van der Waals surface area (Å²) < 4.78 is 10.9. The Kier molecular flexibility index (Phi) is 5.53. The Morgan fingerprint density at radius 2 is 2.03 bits per heavy atom. The van der Waals surface area contributed by atoms with Crippen LogP contribution in [-0.4, -0.2) is 25.1 Å². The topological polar surface area (TPSA) is 64.6 Å². The highest BCUT2D eigenvalue weighted by Crippen LogP contribution is 2.38. The number of para-hydroxylation sites is 1. The number of methoxy groups -OCH3 is 1. The molecule has 0 fully saturated rings. The van der Waals surface area contributed by atoms with Crippen molar-refractivity contribution in [2.45, 2.75) is 38.7 Å². The largest absolute Gasteiger partial charge is 0.485 e. The summed E-state index contributed by atoms with van der Waals surface area (Å²) in [6.45, 7) is 1.95. The molecule has 4 rings (SSSR count). The van der Waals surface area contributed by atoms with Crippen molar-refractivity contribution in [3.63, 3.8) is 0 Å². The SMILES string of the molecule is COC(=O)c1c(NC(=O)C=CC2=Cc3ccccc3OC2C)sc2c1CCCC2. The molecule has 1 amide bonds. The van der Waals surface area contributed by atoms with Gasteiger partial charge in [-0.15, -0.1) is 11.3 Å². The predicted molar refractivity (Wildman–Crippen MR) is 115 cm³/mol. The summed E-state index contributed by atoms with van der Waals surface area (Å²) in [5.41, 5.74) is 3.44. The number of esters is 1. The second-order valence-electron chi connectivity index (χ2n) is 7.17. The molecule has 29 heavy (non-hydrogen) atoms. The van der Waals surface area contributed by atoms with Crippen LogP contribution in [0.3, 0.4) is 0 Å². The van der Waals surface area contributed by atoms with E-state index in [9.17, 15) is 9.59 Å². The van der Waals surface area contributed by atoms with Crippen LogP contribution in [0.5, 0.6) is 5.75 Å². The minimum atomic E-state index is -0.391. The van der Waals surface area contributed by atoms with Gasteiger partial charge in [0.2, 0.25) is 5.91 Å². The maximum atomic E-state index is 12.6. The molecule has 1 unspecified atom stereocenters. The molecule has 2 aliphatic rings. The molecule has 0 saturated carbocycles. The van der Waals surface area contributed by atoms with Crippen LogP contribution in [0.25, 0.3) is 6.08 Å². The molecular formula is C23H23NO4S. The van der Waals surface area contributed by atoms with Crippen LogP contribution < -0.4 is 10.1 Å². The first-order valence-corrected chi connectivity index (χ1v) is 10.6. The summed E-state index contributed by atoms with van der Waals surface area (Å²) in [6, 6.07) is 7.80. The summed E-state index contributed by atoms with van der Waals surface area (Å²) >= 11 is 1.48. The van der Waals surface area contributed by atoms with Gasteiger partial charge < -0.3 is 14.8 Å². The number of nitrogens with one attached hydrogen (secondary N) is 1. The maximum absolute atomic E-state index is 12.6. The van der Waals surface area contributed by atoms with Crippen molar-refractivity contribution in [3.05, 3.63) is 63.6 Å². The van der Waals surface area contributed by atoms with Crippen molar-refractivity contribution in [3.8, 4) is 5.75 Å². The fourth-order valence-corrected chi connectivity index (χ4v) is 5.02. The number of ether oxygens (including phenoxy) is 2. The standard InChI is InChI=1S/C23H23NO4S/c1-14-15(13-16-7-3-5-9-18(16)28-14)11-12-20(25)24-22-21(23(26)27-2)17-8-4-6-10-19(17)29-22/h3,5,7,9,11-14H,4,6,8,10H2,1-2H3,(H,24,25). The highest BCUT2D eigenvalue weighted by atomic mass is 32.1. The van der Waals surface area contributed by atoms with Crippen LogP contribution in [0.2, 0.25) is 0 Å². The summed E-state index contributed by atoms with van der Waals surface area (Å²) in [5, 5.41) is 3.46. The fourth-order valence-electron chi connectivity index (χ4n) is 3.74. The number of rotatable bonds is 4. The monoisotopic (exact) mass is 409 g/mol. The van der Waals surface area contributed by atoms with E-state index in [1.54, 1.807) is 6.08 Å². The minimum absolute atomic E-state index is 0.145. The molecule has 1 aromatic carbocycles. The van der Waals surface area contributed by atoms with Crippen LogP contribution in [0.15, 0.2) is 42.0 Å². The number of carbonyl (C=O) groups is 2. The molecule has 1 aromatic heterocycles. The molecule has 1 atom stereocenters. The minimum Gasteiger partial charge on any atom is -0.485 e. The van der Waals surface area contributed by atoms with Gasteiger partial charge in [0, 0.05) is 16.5 Å². The molecule has 6 heteroatoms. The molecular weight excluding hydrogens is 386 g/mol. The first-order valence-electron chi connectivity index (χ1n) is 9.76. The molecule has 0 saturated heterocycles. The van der Waals surface area contributed by atoms with Crippen LogP contribution in [0.1, 0.15) is 46.1 Å². The number of hydrogen-bond acceptors (Lipinski definition) is 5. The highest BCUT2D eigenvalue weighted by Gasteiger charge is 2.26. The summed E-state index contributed by atoms with van der Waals surface area (Å²) in [6.07, 6.45) is 9.08. The van der Waals surface area contributed by atoms with Crippen molar-refractivity contribution in [2.24, 2.45) is 0 Å². The van der Waals surface area contributed by atoms with Crippen molar-refractivity contribution in [2.75, 3.05) is 12.4 Å². The van der Waals surface area contributed by atoms with E-state index in [4.69, 9.17) is 9.47 Å². The van der Waals surface area contributed by atoms with Gasteiger partial charge in [0.15, 0.2) is 0 Å². The van der Waals surface area contributed by atoms with Crippen LogP contribution >= 0.6 is 11.3 Å². The smallest absolute Gasteiger partial charge is 0.341 e. The third-order valence-corrected chi connectivity index (χ3v) is 6.45. The Morgan fingerprint density at radius 1 is 1.24 bits per heavy atom. The van der Waals surface area contributed by atoms with Gasteiger partial charge in [0.25, 0.3) is 0 Å². The van der Waals surface area contributed by atoms with E-state index in [2.05, 4.69) is 5.32 Å². The van der Waals surface area contributed by atoms with Gasteiger partial charge >= 0.3 is 5.97 Å². The lowest BCUT2D eigenvalue weighted by Crippen LogP contribution is -2.18. The predicted octanol–water partition coefficient (Wildman–Crippen LogP) is 4.77. The lowest BCUT2D eigenvalue weighted by Gasteiger charge is -2.22. The van der Waals surface area contributed by atoms with Crippen molar-refractivity contribution in [1.29, 1.82) is 0 Å². The zero-order valence-electron chi connectivity index (χ0n) is 16.5. The number of amides is 1. The van der Waals surface area contributed by atoms with Crippen molar-refractivity contribution >= 4 is 34.3 Å². The number of hydrogen-bond donors (Lipinski definition) is 1. The lowest BCUT2D eigenvalue weighted by molar-refractivity contribution is -0.111. The lowest BCUT2D eigenvalue weighted by atomic mass is 9.95. The van der Waals surface area contributed by atoms with E-state index >= 15 is 0 Å². The van der Waals surface area contributed by atoms with Gasteiger partial charge in [-0.25, -0.2) is 4.79 Å². The molecule has 0 bridgehead atoms. The average Bonchev–Trinajstić information content (AvgIpc) is 3.09. The Morgan fingerprint density at radius 3 is 2.86 bits per heavy atom. The number of benzene rings is 1. The fraction of sp³-hybridized carbons (Fsp3) is 0.304. The molecule has 1 aliphatic carbocycles. The second-order valence-corrected chi connectivity index (χ2v) is 8.28. The van der Waals surface area contributed by atoms with Crippen molar-refractivity contribution in [1.82, 2.24) is 0 Å². The zero-order chi connectivity index (χ0) is 20.4. The number of thiophene rings is 1. The molecule has 2 heterocycles. The third kappa shape index (κ3) is 3.98. The maximum Gasteiger partial charge on any atom is 0.341 e. The normalized spacial score (nSPS) is 17.7.